The lowest BCUT2D eigenvalue weighted by atomic mass is 10.2. The van der Waals surface area contributed by atoms with E-state index in [-0.39, 0.29) is 6.04 Å². The zero-order valence-corrected chi connectivity index (χ0v) is 10.4. The fourth-order valence-electron chi connectivity index (χ4n) is 1.23. The predicted molar refractivity (Wildman–Crippen MR) is 64.9 cm³/mol. The topological polar surface area (TPSA) is 72.2 Å². The van der Waals surface area contributed by atoms with Gasteiger partial charge in [0.1, 0.15) is 0 Å². The van der Waals surface area contributed by atoms with E-state index in [4.69, 9.17) is 5.73 Å². The fourth-order valence-corrected chi connectivity index (χ4v) is 1.86. The van der Waals surface area contributed by atoms with Gasteiger partial charge in [0.15, 0.2) is 9.84 Å². The van der Waals surface area contributed by atoms with Crippen LogP contribution in [0, 0.1) is 0 Å². The smallest absolute Gasteiger partial charge is 0.175 e. The second-order valence-corrected chi connectivity index (χ2v) is 5.95. The lowest BCUT2D eigenvalue weighted by Gasteiger charge is -2.11. The summed E-state index contributed by atoms with van der Waals surface area (Å²) in [6.07, 6.45) is 1.21. The third kappa shape index (κ3) is 3.92. The highest BCUT2D eigenvalue weighted by molar-refractivity contribution is 7.90. The van der Waals surface area contributed by atoms with Crippen molar-refractivity contribution in [3.63, 3.8) is 0 Å². The van der Waals surface area contributed by atoms with Gasteiger partial charge in [-0.3, -0.25) is 0 Å². The minimum absolute atomic E-state index is 0.259. The number of sulfone groups is 1. The van der Waals surface area contributed by atoms with Gasteiger partial charge in [0.25, 0.3) is 0 Å². The van der Waals surface area contributed by atoms with E-state index in [1.54, 1.807) is 12.1 Å². The quantitative estimate of drug-likeness (QED) is 0.790. The van der Waals surface area contributed by atoms with Crippen molar-refractivity contribution in [1.29, 1.82) is 0 Å². The first-order chi connectivity index (χ1) is 7.43. The molecule has 90 valence electrons. The largest absolute Gasteiger partial charge is 0.329 e. The first-order valence-corrected chi connectivity index (χ1v) is 7.05. The Morgan fingerprint density at radius 3 is 2.31 bits per heavy atom. The summed E-state index contributed by atoms with van der Waals surface area (Å²) in [5.41, 5.74) is 6.52. The molecule has 0 saturated carbocycles. The molecule has 0 spiro atoms. The number of nitrogens with two attached hydrogens (primary N) is 1. The minimum atomic E-state index is -3.10. The number of hydrogen-bond acceptors (Lipinski definition) is 4. The summed E-state index contributed by atoms with van der Waals surface area (Å²) < 4.78 is 22.4. The number of hydrogen-bond donors (Lipinski definition) is 2. The third-order valence-electron chi connectivity index (χ3n) is 2.36. The number of rotatable bonds is 5. The van der Waals surface area contributed by atoms with Gasteiger partial charge in [0, 0.05) is 25.4 Å². The van der Waals surface area contributed by atoms with Crippen molar-refractivity contribution in [2.45, 2.75) is 24.4 Å². The molecule has 0 fully saturated rings. The number of benzene rings is 1. The Kier molecular flexibility index (Phi) is 4.46. The molecular weight excluding hydrogens is 224 g/mol. The normalized spacial score (nSPS) is 13.7. The van der Waals surface area contributed by atoms with Crippen LogP contribution in [0.5, 0.6) is 0 Å². The molecule has 0 unspecified atom stereocenters. The van der Waals surface area contributed by atoms with E-state index in [2.05, 4.69) is 5.32 Å². The van der Waals surface area contributed by atoms with Crippen molar-refractivity contribution in [3.8, 4) is 0 Å². The summed E-state index contributed by atoms with van der Waals surface area (Å²) in [7, 11) is -3.10. The van der Waals surface area contributed by atoms with Gasteiger partial charge in [0.05, 0.1) is 4.90 Å². The van der Waals surface area contributed by atoms with Crippen LogP contribution < -0.4 is 11.1 Å². The average Bonchev–Trinajstić information content (AvgIpc) is 2.25. The molecule has 0 heterocycles. The summed E-state index contributed by atoms with van der Waals surface area (Å²) in [6, 6.07) is 7.13. The molecule has 1 rings (SSSR count). The van der Waals surface area contributed by atoms with Crippen LogP contribution in [0.1, 0.15) is 12.5 Å². The van der Waals surface area contributed by atoms with Gasteiger partial charge in [-0.1, -0.05) is 12.1 Å². The lowest BCUT2D eigenvalue weighted by molar-refractivity contribution is 0.556. The van der Waals surface area contributed by atoms with Crippen molar-refractivity contribution >= 4 is 9.84 Å². The van der Waals surface area contributed by atoms with Gasteiger partial charge < -0.3 is 11.1 Å². The molecule has 1 aromatic carbocycles. The molecule has 0 saturated heterocycles. The average molecular weight is 242 g/mol. The Morgan fingerprint density at radius 2 is 1.88 bits per heavy atom. The Balaban J connectivity index is 2.66. The number of nitrogens with one attached hydrogen (secondary N) is 1. The van der Waals surface area contributed by atoms with Gasteiger partial charge in [0.2, 0.25) is 0 Å². The van der Waals surface area contributed by atoms with Crippen LogP contribution in [-0.4, -0.2) is 27.3 Å². The maximum atomic E-state index is 11.2. The second-order valence-electron chi connectivity index (χ2n) is 3.93. The molecule has 0 aliphatic heterocycles. The Labute approximate surface area is 96.8 Å². The highest BCUT2D eigenvalue weighted by Gasteiger charge is 2.06. The molecule has 0 amide bonds. The standard InChI is InChI=1S/C11H18N2O2S/c1-9(7-12)13-8-10-3-5-11(6-4-10)16(2,14)15/h3-6,9,13H,7-8,12H2,1-2H3/t9-/m1/s1. The maximum Gasteiger partial charge on any atom is 0.175 e. The Morgan fingerprint density at radius 1 is 1.31 bits per heavy atom. The summed E-state index contributed by atoms with van der Waals surface area (Å²) in [5.74, 6) is 0. The van der Waals surface area contributed by atoms with Crippen molar-refractivity contribution in [2.75, 3.05) is 12.8 Å². The first-order valence-electron chi connectivity index (χ1n) is 5.16. The molecule has 0 aromatic heterocycles. The van der Waals surface area contributed by atoms with E-state index in [0.29, 0.717) is 18.0 Å². The van der Waals surface area contributed by atoms with Gasteiger partial charge in [-0.2, -0.15) is 0 Å². The van der Waals surface area contributed by atoms with Gasteiger partial charge in [-0.25, -0.2) is 8.42 Å². The minimum Gasteiger partial charge on any atom is -0.329 e. The van der Waals surface area contributed by atoms with Crippen molar-refractivity contribution in [1.82, 2.24) is 5.32 Å². The summed E-state index contributed by atoms with van der Waals surface area (Å²) in [6.45, 7) is 3.29. The van der Waals surface area contributed by atoms with Crippen LogP contribution in [0.3, 0.4) is 0 Å². The van der Waals surface area contributed by atoms with Crippen LogP contribution >= 0.6 is 0 Å². The van der Waals surface area contributed by atoms with E-state index >= 15 is 0 Å². The molecule has 0 radical (unpaired) electrons. The summed E-state index contributed by atoms with van der Waals surface area (Å²) in [4.78, 5) is 0.350. The van der Waals surface area contributed by atoms with Gasteiger partial charge >= 0.3 is 0 Å². The molecule has 1 atom stereocenters. The third-order valence-corrected chi connectivity index (χ3v) is 3.49. The van der Waals surface area contributed by atoms with Crippen LogP contribution in [0.2, 0.25) is 0 Å². The van der Waals surface area contributed by atoms with Crippen molar-refractivity contribution in [3.05, 3.63) is 29.8 Å². The molecule has 0 aliphatic carbocycles. The highest BCUT2D eigenvalue weighted by atomic mass is 32.2. The molecule has 16 heavy (non-hydrogen) atoms. The van der Waals surface area contributed by atoms with Crippen molar-refractivity contribution in [2.24, 2.45) is 5.73 Å². The van der Waals surface area contributed by atoms with E-state index in [9.17, 15) is 8.42 Å². The molecule has 1 aromatic rings. The summed E-state index contributed by atoms with van der Waals surface area (Å²) >= 11 is 0. The second kappa shape index (κ2) is 5.43. The van der Waals surface area contributed by atoms with Crippen LogP contribution in [0.25, 0.3) is 0 Å². The van der Waals surface area contributed by atoms with Crippen LogP contribution in [-0.2, 0) is 16.4 Å². The molecule has 3 N–H and O–H groups in total. The predicted octanol–water partition coefficient (Wildman–Crippen LogP) is 0.527. The maximum absolute atomic E-state index is 11.2. The van der Waals surface area contributed by atoms with E-state index in [1.165, 1.54) is 6.26 Å². The van der Waals surface area contributed by atoms with Crippen LogP contribution in [0.15, 0.2) is 29.2 Å². The zero-order valence-electron chi connectivity index (χ0n) is 9.60. The fraction of sp³-hybridized carbons (Fsp3) is 0.455. The van der Waals surface area contributed by atoms with E-state index in [0.717, 1.165) is 5.56 Å². The van der Waals surface area contributed by atoms with Crippen molar-refractivity contribution < 1.29 is 8.42 Å². The molecule has 0 aliphatic rings. The monoisotopic (exact) mass is 242 g/mol. The van der Waals surface area contributed by atoms with E-state index in [1.807, 2.05) is 19.1 Å². The van der Waals surface area contributed by atoms with E-state index < -0.39 is 9.84 Å². The summed E-state index contributed by atoms with van der Waals surface area (Å²) in [5, 5.41) is 3.23. The molecule has 0 bridgehead atoms. The molecular formula is C11H18N2O2S. The highest BCUT2D eigenvalue weighted by Crippen LogP contribution is 2.10. The SMILES string of the molecule is C[C@H](CN)NCc1ccc(S(C)(=O)=O)cc1. The lowest BCUT2D eigenvalue weighted by Crippen LogP contribution is -2.32. The molecule has 4 nitrogen and oxygen atoms in total. The van der Waals surface area contributed by atoms with Gasteiger partial charge in [-0.15, -0.1) is 0 Å². The molecule has 5 heteroatoms. The Bertz CT molecular complexity index is 426. The first kappa shape index (κ1) is 13.2. The Hall–Kier alpha value is -0.910. The zero-order chi connectivity index (χ0) is 12.2. The van der Waals surface area contributed by atoms with Gasteiger partial charge in [-0.05, 0) is 24.6 Å². The van der Waals surface area contributed by atoms with Crippen LogP contribution in [0.4, 0.5) is 0 Å².